The van der Waals surface area contributed by atoms with E-state index in [0.717, 1.165) is 25.7 Å². The number of carbonyl (C=O) groups is 2. The van der Waals surface area contributed by atoms with Gasteiger partial charge in [-0.25, -0.2) is 9.59 Å². The summed E-state index contributed by atoms with van der Waals surface area (Å²) < 4.78 is 0. The quantitative estimate of drug-likeness (QED) is 0.273. The highest BCUT2D eigenvalue weighted by atomic mass is 16.4. The van der Waals surface area contributed by atoms with Crippen LogP contribution in [0, 0.1) is 0 Å². The van der Waals surface area contributed by atoms with Gasteiger partial charge in [0.05, 0.1) is 0 Å². The van der Waals surface area contributed by atoms with Gasteiger partial charge in [-0.3, -0.25) is 0 Å². The SMILES string of the molecule is CC1(CCCNC(=O)NCCCCC([NH3+])C(=O)O)[N-]N1. The van der Waals surface area contributed by atoms with E-state index >= 15 is 0 Å². The second-order valence-corrected chi connectivity index (χ2v) is 5.31. The molecule has 0 bridgehead atoms. The van der Waals surface area contributed by atoms with Gasteiger partial charge in [0.1, 0.15) is 0 Å². The van der Waals surface area contributed by atoms with Gasteiger partial charge < -0.3 is 32.3 Å². The van der Waals surface area contributed by atoms with Gasteiger partial charge in [-0.2, -0.15) is 0 Å². The van der Waals surface area contributed by atoms with E-state index in [4.69, 9.17) is 5.11 Å². The van der Waals surface area contributed by atoms with E-state index in [0.29, 0.717) is 19.5 Å². The minimum atomic E-state index is -0.874. The molecule has 1 aliphatic heterocycles. The van der Waals surface area contributed by atoms with Gasteiger partial charge in [-0.1, -0.05) is 19.0 Å². The molecular formula is C12H25N5O3. The molecule has 8 heteroatoms. The number of nitrogens with one attached hydrogen (secondary N) is 3. The van der Waals surface area contributed by atoms with Crippen LogP contribution in [0.3, 0.4) is 0 Å². The third-order valence-electron chi connectivity index (χ3n) is 3.23. The number of carboxylic acids is 1. The van der Waals surface area contributed by atoms with Crippen LogP contribution in [-0.2, 0) is 4.79 Å². The first-order valence-electron chi connectivity index (χ1n) is 6.99. The summed E-state index contributed by atoms with van der Waals surface area (Å²) in [4.78, 5) is 22.0. The Balaban J connectivity index is 1.88. The maximum Gasteiger partial charge on any atom is 0.362 e. The second kappa shape index (κ2) is 8.03. The Labute approximate surface area is 118 Å². The van der Waals surface area contributed by atoms with Crippen LogP contribution in [0.15, 0.2) is 0 Å². The molecule has 2 atom stereocenters. The van der Waals surface area contributed by atoms with Crippen molar-refractivity contribution in [2.45, 2.75) is 50.7 Å². The Kier molecular flexibility index (Phi) is 6.69. The lowest BCUT2D eigenvalue weighted by atomic mass is 10.1. The minimum Gasteiger partial charge on any atom is -0.582 e. The number of urea groups is 1. The van der Waals surface area contributed by atoms with Crippen LogP contribution >= 0.6 is 0 Å². The summed E-state index contributed by atoms with van der Waals surface area (Å²) in [6, 6.07) is -0.744. The fourth-order valence-electron chi connectivity index (χ4n) is 1.75. The molecule has 2 amide bonds. The van der Waals surface area contributed by atoms with Gasteiger partial charge in [0, 0.05) is 19.5 Å². The van der Waals surface area contributed by atoms with Gasteiger partial charge in [0.15, 0.2) is 6.04 Å². The highest BCUT2D eigenvalue weighted by Crippen LogP contribution is 2.30. The third-order valence-corrected chi connectivity index (χ3v) is 3.23. The molecule has 20 heavy (non-hydrogen) atoms. The van der Waals surface area contributed by atoms with Gasteiger partial charge in [-0.15, -0.1) is 0 Å². The zero-order valence-corrected chi connectivity index (χ0v) is 11.9. The van der Waals surface area contributed by atoms with Crippen LogP contribution in [0.2, 0.25) is 0 Å². The van der Waals surface area contributed by atoms with Crippen molar-refractivity contribution in [1.82, 2.24) is 16.1 Å². The molecule has 0 aromatic rings. The number of amides is 2. The van der Waals surface area contributed by atoms with Gasteiger partial charge in [0.25, 0.3) is 0 Å². The number of unbranched alkanes of at least 4 members (excludes halogenated alkanes) is 1. The van der Waals surface area contributed by atoms with Crippen molar-refractivity contribution in [2.24, 2.45) is 0 Å². The van der Waals surface area contributed by atoms with Crippen LogP contribution in [-0.4, -0.2) is 41.9 Å². The summed E-state index contributed by atoms with van der Waals surface area (Å²) >= 11 is 0. The molecule has 0 spiro atoms. The predicted octanol–water partition coefficient (Wildman–Crippen LogP) is -0.461. The molecule has 1 heterocycles. The number of aliphatic carboxylic acids is 1. The maximum absolute atomic E-state index is 11.4. The monoisotopic (exact) mass is 287 g/mol. The lowest BCUT2D eigenvalue weighted by molar-refractivity contribution is -0.409. The summed E-state index contributed by atoms with van der Waals surface area (Å²) in [6.45, 7) is 3.19. The van der Waals surface area contributed by atoms with E-state index in [1.54, 1.807) is 0 Å². The van der Waals surface area contributed by atoms with Crippen molar-refractivity contribution in [2.75, 3.05) is 13.1 Å². The van der Waals surface area contributed by atoms with Crippen LogP contribution in [0.5, 0.6) is 0 Å². The van der Waals surface area contributed by atoms with E-state index in [1.807, 2.05) is 6.92 Å². The largest absolute Gasteiger partial charge is 0.582 e. The van der Waals surface area contributed by atoms with Gasteiger partial charge in [0.2, 0.25) is 0 Å². The number of hydrogen-bond acceptors (Lipinski definition) is 3. The summed E-state index contributed by atoms with van der Waals surface area (Å²) in [7, 11) is 0. The topological polar surface area (TPSA) is 142 Å². The average Bonchev–Trinajstić information content (AvgIpc) is 3.12. The van der Waals surface area contributed by atoms with Crippen molar-refractivity contribution in [1.29, 1.82) is 0 Å². The molecule has 0 radical (unpaired) electrons. The van der Waals surface area contributed by atoms with E-state index in [1.165, 1.54) is 0 Å². The molecular weight excluding hydrogens is 262 g/mol. The molecule has 2 unspecified atom stereocenters. The lowest BCUT2D eigenvalue weighted by Crippen LogP contribution is -2.64. The van der Waals surface area contributed by atoms with Crippen molar-refractivity contribution >= 4 is 12.0 Å². The number of carbonyl (C=O) groups excluding carboxylic acids is 1. The molecule has 1 aliphatic rings. The highest BCUT2D eigenvalue weighted by molar-refractivity contribution is 5.73. The highest BCUT2D eigenvalue weighted by Gasteiger charge is 2.18. The van der Waals surface area contributed by atoms with Crippen molar-refractivity contribution in [3.63, 3.8) is 0 Å². The fourth-order valence-corrected chi connectivity index (χ4v) is 1.75. The molecule has 1 fully saturated rings. The van der Waals surface area contributed by atoms with E-state index in [-0.39, 0.29) is 11.7 Å². The first kappa shape index (κ1) is 16.7. The Morgan fingerprint density at radius 1 is 1.30 bits per heavy atom. The van der Waals surface area contributed by atoms with Crippen LogP contribution in [0.4, 0.5) is 4.79 Å². The first-order valence-corrected chi connectivity index (χ1v) is 6.99. The van der Waals surface area contributed by atoms with Crippen molar-refractivity contribution in [3.05, 3.63) is 5.43 Å². The average molecular weight is 287 g/mol. The summed E-state index contributed by atoms with van der Waals surface area (Å²) in [5.41, 5.74) is 10.4. The Morgan fingerprint density at radius 3 is 2.45 bits per heavy atom. The van der Waals surface area contributed by atoms with Gasteiger partial charge in [-0.05, 0) is 19.3 Å². The molecule has 1 rings (SSSR count). The number of carboxylic acid groups (broad SMARTS) is 1. The van der Waals surface area contributed by atoms with E-state index in [9.17, 15) is 9.59 Å². The Morgan fingerprint density at radius 2 is 1.90 bits per heavy atom. The summed E-state index contributed by atoms with van der Waals surface area (Å²) in [5.74, 6) is -0.874. The molecule has 7 N–H and O–H groups in total. The van der Waals surface area contributed by atoms with E-state index in [2.05, 4.69) is 27.2 Å². The zero-order valence-electron chi connectivity index (χ0n) is 11.9. The second-order valence-electron chi connectivity index (χ2n) is 5.31. The molecule has 0 saturated carbocycles. The number of nitrogens with zero attached hydrogens (tertiary/aromatic N) is 1. The fraction of sp³-hybridized carbons (Fsp3) is 0.833. The predicted molar refractivity (Wildman–Crippen MR) is 73.7 cm³/mol. The number of quaternary nitrogens is 1. The van der Waals surface area contributed by atoms with Crippen LogP contribution in [0.25, 0.3) is 5.43 Å². The maximum atomic E-state index is 11.4. The number of hydrogen-bond donors (Lipinski definition) is 5. The molecule has 8 nitrogen and oxygen atoms in total. The summed E-state index contributed by atoms with van der Waals surface area (Å²) in [5, 5.41) is 14.2. The third kappa shape index (κ3) is 7.27. The normalized spacial score (nSPS) is 22.1. The smallest absolute Gasteiger partial charge is 0.362 e. The van der Waals surface area contributed by atoms with Crippen molar-refractivity contribution in [3.8, 4) is 0 Å². The number of rotatable bonds is 10. The first-order chi connectivity index (χ1) is 9.43. The standard InChI is InChI=1S/C12H24N5O3/c1-12(16-17-12)6-4-8-15-11(20)14-7-3-2-5-9(13)10(18)19/h9,16H,2-8,13H2,1H3,(H,18,19)(H2,14,15,20)/q-1/p+1. The van der Waals surface area contributed by atoms with Crippen molar-refractivity contribution < 1.29 is 20.4 Å². The van der Waals surface area contributed by atoms with Crippen LogP contribution < -0.4 is 21.8 Å². The lowest BCUT2D eigenvalue weighted by Gasteiger charge is -2.13. The Hall–Kier alpha value is -1.38. The molecule has 0 aromatic carbocycles. The molecule has 1 saturated heterocycles. The van der Waals surface area contributed by atoms with Gasteiger partial charge >= 0.3 is 12.0 Å². The summed E-state index contributed by atoms with van der Waals surface area (Å²) in [6.07, 6.45) is 3.82. The molecule has 0 aromatic heterocycles. The van der Waals surface area contributed by atoms with Crippen LogP contribution in [0.1, 0.15) is 39.0 Å². The minimum absolute atomic E-state index is 0.0764. The van der Waals surface area contributed by atoms with E-state index < -0.39 is 12.0 Å². The molecule has 0 aliphatic carbocycles. The Bertz CT molecular complexity index is 333. The zero-order chi connectivity index (χ0) is 15.0. The molecule has 116 valence electrons.